The Morgan fingerprint density at radius 1 is 1.37 bits per heavy atom. The summed E-state index contributed by atoms with van der Waals surface area (Å²) in [6.45, 7) is 2.09. The molecule has 4 nitrogen and oxygen atoms in total. The van der Waals surface area contributed by atoms with Crippen LogP contribution in [-0.4, -0.2) is 25.7 Å². The van der Waals surface area contributed by atoms with E-state index in [-0.39, 0.29) is 12.4 Å². The molecule has 0 unspecified atom stereocenters. The van der Waals surface area contributed by atoms with Crippen molar-refractivity contribution in [2.24, 2.45) is 0 Å². The zero-order chi connectivity index (χ0) is 14.3. The SMILES string of the molecule is CCOC(=O)CC#Cc1ccc(C(=O)OC)cc1Br. The van der Waals surface area contributed by atoms with Crippen LogP contribution in [0.4, 0.5) is 0 Å². The highest BCUT2D eigenvalue weighted by atomic mass is 79.9. The summed E-state index contributed by atoms with van der Waals surface area (Å²) in [6.07, 6.45) is 0.0407. The van der Waals surface area contributed by atoms with Gasteiger partial charge in [0.1, 0.15) is 6.42 Å². The van der Waals surface area contributed by atoms with Crippen molar-refractivity contribution in [1.29, 1.82) is 0 Å². The maximum Gasteiger partial charge on any atom is 0.337 e. The Morgan fingerprint density at radius 3 is 2.68 bits per heavy atom. The van der Waals surface area contributed by atoms with Crippen LogP contribution in [0.25, 0.3) is 0 Å². The molecule has 0 aliphatic heterocycles. The van der Waals surface area contributed by atoms with Crippen LogP contribution in [0.2, 0.25) is 0 Å². The summed E-state index contributed by atoms with van der Waals surface area (Å²) in [4.78, 5) is 22.4. The van der Waals surface area contributed by atoms with Crippen molar-refractivity contribution in [2.75, 3.05) is 13.7 Å². The predicted octanol–water partition coefficient (Wildman–Crippen LogP) is 2.54. The molecule has 0 spiro atoms. The lowest BCUT2D eigenvalue weighted by Crippen LogP contribution is -2.02. The maximum atomic E-state index is 11.3. The molecule has 0 fully saturated rings. The molecule has 1 rings (SSSR count). The van der Waals surface area contributed by atoms with Gasteiger partial charge in [-0.15, -0.1) is 0 Å². The van der Waals surface area contributed by atoms with Gasteiger partial charge in [0.25, 0.3) is 0 Å². The number of rotatable bonds is 3. The Bertz CT molecular complexity index is 540. The second-order valence-electron chi connectivity index (χ2n) is 3.47. The summed E-state index contributed by atoms with van der Waals surface area (Å²) >= 11 is 3.32. The second-order valence-corrected chi connectivity index (χ2v) is 4.32. The Hall–Kier alpha value is -1.80. The number of hydrogen-bond acceptors (Lipinski definition) is 4. The van der Waals surface area contributed by atoms with E-state index in [0.29, 0.717) is 22.2 Å². The lowest BCUT2D eigenvalue weighted by atomic mass is 10.1. The van der Waals surface area contributed by atoms with E-state index in [2.05, 4.69) is 32.5 Å². The third-order valence-electron chi connectivity index (χ3n) is 2.15. The lowest BCUT2D eigenvalue weighted by molar-refractivity contribution is -0.141. The number of carbonyl (C=O) groups excluding carboxylic acids is 2. The summed E-state index contributed by atoms with van der Waals surface area (Å²) in [6, 6.07) is 4.93. The van der Waals surface area contributed by atoms with Crippen molar-refractivity contribution in [3.63, 3.8) is 0 Å². The second kappa shape index (κ2) is 7.59. The van der Waals surface area contributed by atoms with Gasteiger partial charge in [0.05, 0.1) is 19.3 Å². The Kier molecular flexibility index (Phi) is 6.10. The van der Waals surface area contributed by atoms with Crippen LogP contribution >= 0.6 is 15.9 Å². The molecule has 0 saturated heterocycles. The highest BCUT2D eigenvalue weighted by Gasteiger charge is 2.07. The molecule has 0 heterocycles. The van der Waals surface area contributed by atoms with Crippen LogP contribution in [-0.2, 0) is 14.3 Å². The van der Waals surface area contributed by atoms with Crippen LogP contribution in [0, 0.1) is 11.8 Å². The molecule has 0 bridgehead atoms. The molecule has 0 N–H and O–H groups in total. The minimum atomic E-state index is -0.410. The minimum Gasteiger partial charge on any atom is -0.465 e. The summed E-state index contributed by atoms with van der Waals surface area (Å²) in [5.74, 6) is 4.80. The Balaban J connectivity index is 2.78. The molecule has 0 radical (unpaired) electrons. The van der Waals surface area contributed by atoms with Crippen molar-refractivity contribution < 1.29 is 19.1 Å². The number of methoxy groups -OCH3 is 1. The molecule has 0 saturated carbocycles. The minimum absolute atomic E-state index is 0.0407. The van der Waals surface area contributed by atoms with Crippen LogP contribution in [0.3, 0.4) is 0 Å². The number of halogens is 1. The van der Waals surface area contributed by atoms with E-state index in [1.54, 1.807) is 25.1 Å². The number of esters is 2. The van der Waals surface area contributed by atoms with Crippen molar-refractivity contribution in [1.82, 2.24) is 0 Å². The topological polar surface area (TPSA) is 52.6 Å². The van der Waals surface area contributed by atoms with E-state index in [1.807, 2.05) is 0 Å². The van der Waals surface area contributed by atoms with Gasteiger partial charge in [-0.25, -0.2) is 4.79 Å². The molecule has 0 atom stereocenters. The fourth-order valence-corrected chi connectivity index (χ4v) is 1.76. The zero-order valence-corrected chi connectivity index (χ0v) is 12.2. The summed E-state index contributed by atoms with van der Waals surface area (Å²) in [7, 11) is 1.32. The number of benzene rings is 1. The number of hydrogen-bond donors (Lipinski definition) is 0. The average molecular weight is 325 g/mol. The normalized spacial score (nSPS) is 9.21. The Morgan fingerprint density at radius 2 is 2.11 bits per heavy atom. The summed E-state index contributed by atoms with van der Waals surface area (Å²) < 4.78 is 10.0. The van der Waals surface area contributed by atoms with Gasteiger partial charge in [-0.2, -0.15) is 0 Å². The van der Waals surface area contributed by atoms with Gasteiger partial charge in [-0.1, -0.05) is 11.8 Å². The van der Waals surface area contributed by atoms with Gasteiger partial charge in [-0.3, -0.25) is 4.79 Å². The van der Waals surface area contributed by atoms with E-state index in [0.717, 1.165) is 0 Å². The fourth-order valence-electron chi connectivity index (χ4n) is 1.28. The van der Waals surface area contributed by atoms with Crippen molar-refractivity contribution in [3.8, 4) is 11.8 Å². The van der Waals surface area contributed by atoms with E-state index in [9.17, 15) is 9.59 Å². The van der Waals surface area contributed by atoms with Gasteiger partial charge in [0, 0.05) is 10.0 Å². The van der Waals surface area contributed by atoms with E-state index in [1.165, 1.54) is 7.11 Å². The van der Waals surface area contributed by atoms with Gasteiger partial charge < -0.3 is 9.47 Å². The molecule has 100 valence electrons. The number of carbonyl (C=O) groups is 2. The third-order valence-corrected chi connectivity index (χ3v) is 2.81. The summed E-state index contributed by atoms with van der Waals surface area (Å²) in [5.41, 5.74) is 1.13. The zero-order valence-electron chi connectivity index (χ0n) is 10.7. The maximum absolute atomic E-state index is 11.3. The van der Waals surface area contributed by atoms with Crippen molar-refractivity contribution >= 4 is 27.9 Å². The van der Waals surface area contributed by atoms with Crippen LogP contribution in [0.5, 0.6) is 0 Å². The van der Waals surface area contributed by atoms with E-state index < -0.39 is 5.97 Å². The molecule has 0 amide bonds. The Labute approximate surface area is 120 Å². The van der Waals surface area contributed by atoms with Gasteiger partial charge in [0.15, 0.2) is 0 Å². The first-order chi connectivity index (χ1) is 9.08. The first-order valence-electron chi connectivity index (χ1n) is 5.60. The quantitative estimate of drug-likeness (QED) is 0.633. The average Bonchev–Trinajstić information content (AvgIpc) is 2.40. The molecule has 5 heteroatoms. The van der Waals surface area contributed by atoms with Crippen molar-refractivity contribution in [3.05, 3.63) is 33.8 Å². The number of ether oxygens (including phenoxy) is 2. The van der Waals surface area contributed by atoms with Gasteiger partial charge in [-0.05, 0) is 41.1 Å². The molecule has 1 aromatic rings. The van der Waals surface area contributed by atoms with Gasteiger partial charge >= 0.3 is 11.9 Å². The third kappa shape index (κ3) is 4.76. The molecular weight excluding hydrogens is 312 g/mol. The molecule has 0 aromatic heterocycles. The first-order valence-corrected chi connectivity index (χ1v) is 6.40. The molecule has 19 heavy (non-hydrogen) atoms. The molecule has 0 aliphatic carbocycles. The lowest BCUT2D eigenvalue weighted by Gasteiger charge is -2.01. The van der Waals surface area contributed by atoms with E-state index in [4.69, 9.17) is 4.74 Å². The first kappa shape index (κ1) is 15.3. The highest BCUT2D eigenvalue weighted by molar-refractivity contribution is 9.10. The standard InChI is InChI=1S/C14H13BrO4/c1-3-19-13(16)6-4-5-10-7-8-11(9-12(10)15)14(17)18-2/h7-9H,3,6H2,1-2H3. The van der Waals surface area contributed by atoms with Crippen LogP contribution in [0.1, 0.15) is 29.3 Å². The molecule has 1 aromatic carbocycles. The smallest absolute Gasteiger partial charge is 0.337 e. The predicted molar refractivity (Wildman–Crippen MR) is 73.6 cm³/mol. The van der Waals surface area contributed by atoms with Crippen LogP contribution in [0.15, 0.2) is 22.7 Å². The largest absolute Gasteiger partial charge is 0.465 e. The van der Waals surface area contributed by atoms with Crippen molar-refractivity contribution in [2.45, 2.75) is 13.3 Å². The molecular formula is C14H13BrO4. The fraction of sp³-hybridized carbons (Fsp3) is 0.286. The monoisotopic (exact) mass is 324 g/mol. The summed E-state index contributed by atoms with van der Waals surface area (Å²) in [5, 5.41) is 0. The van der Waals surface area contributed by atoms with Crippen LogP contribution < -0.4 is 0 Å². The van der Waals surface area contributed by atoms with Gasteiger partial charge in [0.2, 0.25) is 0 Å². The highest BCUT2D eigenvalue weighted by Crippen LogP contribution is 2.18. The molecule has 0 aliphatic rings. The van der Waals surface area contributed by atoms with E-state index >= 15 is 0 Å².